The molecule has 0 aromatic carbocycles. The maximum absolute atomic E-state index is 11.5. The standard InChI is InChI=1S/C13H21N5O2S/c19-21(20)7-6-11(9-21)16-13-17-12(8-14-18-13)15-10-4-2-1-3-5-10/h8,10-11H,1-7,9H2,(H2,15,16,17,18). The van der Waals surface area contributed by atoms with Gasteiger partial charge in [0.25, 0.3) is 0 Å². The topological polar surface area (TPSA) is 96.9 Å². The molecule has 1 aromatic rings. The summed E-state index contributed by atoms with van der Waals surface area (Å²) in [6, 6.07) is 0.344. The Bertz CT molecular complexity index is 586. The van der Waals surface area contributed by atoms with Crippen LogP contribution in [0, 0.1) is 0 Å². The van der Waals surface area contributed by atoms with Crippen LogP contribution in [-0.4, -0.2) is 47.2 Å². The summed E-state index contributed by atoms with van der Waals surface area (Å²) in [5, 5.41) is 14.3. The molecule has 1 unspecified atom stereocenters. The number of hydrogen-bond donors (Lipinski definition) is 2. The van der Waals surface area contributed by atoms with Crippen molar-refractivity contribution in [2.45, 2.75) is 50.6 Å². The second-order valence-electron chi connectivity index (χ2n) is 5.89. The average molecular weight is 311 g/mol. The summed E-state index contributed by atoms with van der Waals surface area (Å²) in [6.07, 6.45) is 8.35. The van der Waals surface area contributed by atoms with Gasteiger partial charge < -0.3 is 10.6 Å². The number of aromatic nitrogens is 3. The molecule has 1 saturated carbocycles. The summed E-state index contributed by atoms with van der Waals surface area (Å²) >= 11 is 0. The molecular weight excluding hydrogens is 290 g/mol. The number of nitrogens with one attached hydrogen (secondary N) is 2. The molecule has 0 radical (unpaired) electrons. The van der Waals surface area contributed by atoms with Crippen molar-refractivity contribution >= 4 is 21.6 Å². The van der Waals surface area contributed by atoms with Gasteiger partial charge in [0.15, 0.2) is 15.7 Å². The second-order valence-corrected chi connectivity index (χ2v) is 8.12. The summed E-state index contributed by atoms with van der Waals surface area (Å²) in [5.41, 5.74) is 0. The van der Waals surface area contributed by atoms with E-state index in [9.17, 15) is 8.42 Å². The monoisotopic (exact) mass is 311 g/mol. The van der Waals surface area contributed by atoms with Crippen molar-refractivity contribution in [3.63, 3.8) is 0 Å². The van der Waals surface area contributed by atoms with Crippen molar-refractivity contribution < 1.29 is 8.42 Å². The van der Waals surface area contributed by atoms with Crippen molar-refractivity contribution in [2.24, 2.45) is 0 Å². The molecule has 1 aliphatic carbocycles. The van der Waals surface area contributed by atoms with Crippen LogP contribution in [0.1, 0.15) is 38.5 Å². The van der Waals surface area contributed by atoms with Crippen molar-refractivity contribution in [1.29, 1.82) is 0 Å². The van der Waals surface area contributed by atoms with Gasteiger partial charge in [-0.3, -0.25) is 0 Å². The normalized spacial score (nSPS) is 25.6. The molecule has 0 amide bonds. The van der Waals surface area contributed by atoms with Crippen molar-refractivity contribution in [3.05, 3.63) is 6.20 Å². The first-order valence-corrected chi connectivity index (χ1v) is 9.36. The third-order valence-electron chi connectivity index (χ3n) is 4.08. The maximum atomic E-state index is 11.5. The molecule has 2 N–H and O–H groups in total. The zero-order chi connectivity index (χ0) is 14.7. The van der Waals surface area contributed by atoms with E-state index in [1.165, 1.54) is 19.3 Å². The number of anilines is 2. The zero-order valence-electron chi connectivity index (χ0n) is 12.0. The van der Waals surface area contributed by atoms with Crippen LogP contribution in [0.3, 0.4) is 0 Å². The van der Waals surface area contributed by atoms with Gasteiger partial charge in [-0.2, -0.15) is 10.1 Å². The predicted octanol–water partition coefficient (Wildman–Crippen LogP) is 1.22. The van der Waals surface area contributed by atoms with Crippen molar-refractivity contribution in [1.82, 2.24) is 15.2 Å². The van der Waals surface area contributed by atoms with Gasteiger partial charge in [0, 0.05) is 12.1 Å². The molecule has 2 aliphatic rings. The van der Waals surface area contributed by atoms with Gasteiger partial charge in [-0.05, 0) is 19.3 Å². The zero-order valence-corrected chi connectivity index (χ0v) is 12.8. The van der Waals surface area contributed by atoms with Crippen LogP contribution in [0.2, 0.25) is 0 Å². The Balaban J connectivity index is 1.60. The molecule has 1 aromatic heterocycles. The SMILES string of the molecule is O=S1(=O)CCC(Nc2nncc(NC3CCCCC3)n2)C1. The van der Waals surface area contributed by atoms with E-state index in [2.05, 4.69) is 25.8 Å². The van der Waals surface area contributed by atoms with E-state index in [1.54, 1.807) is 6.20 Å². The number of rotatable bonds is 4. The smallest absolute Gasteiger partial charge is 0.244 e. The van der Waals surface area contributed by atoms with Crippen LogP contribution >= 0.6 is 0 Å². The highest BCUT2D eigenvalue weighted by Crippen LogP contribution is 2.21. The van der Waals surface area contributed by atoms with Crippen LogP contribution in [0.25, 0.3) is 0 Å². The number of nitrogens with zero attached hydrogens (tertiary/aromatic N) is 3. The molecule has 2 heterocycles. The third kappa shape index (κ3) is 4.03. The largest absolute Gasteiger partial charge is 0.366 e. The van der Waals surface area contributed by atoms with Gasteiger partial charge in [0.1, 0.15) is 0 Å². The molecule has 1 aliphatic heterocycles. The fraction of sp³-hybridized carbons (Fsp3) is 0.769. The highest BCUT2D eigenvalue weighted by molar-refractivity contribution is 7.91. The Labute approximate surface area is 124 Å². The lowest BCUT2D eigenvalue weighted by Crippen LogP contribution is -2.25. The molecule has 3 rings (SSSR count). The molecule has 8 heteroatoms. The second kappa shape index (κ2) is 6.13. The van der Waals surface area contributed by atoms with Gasteiger partial charge in [-0.25, -0.2) is 8.42 Å². The molecule has 0 bridgehead atoms. The van der Waals surface area contributed by atoms with E-state index in [0.717, 1.165) is 12.8 Å². The molecule has 1 atom stereocenters. The van der Waals surface area contributed by atoms with Crippen LogP contribution in [0.4, 0.5) is 11.8 Å². The maximum Gasteiger partial charge on any atom is 0.244 e. The fourth-order valence-corrected chi connectivity index (χ4v) is 4.66. The molecule has 21 heavy (non-hydrogen) atoms. The van der Waals surface area contributed by atoms with Crippen molar-refractivity contribution in [2.75, 3.05) is 22.1 Å². The van der Waals surface area contributed by atoms with E-state index >= 15 is 0 Å². The van der Waals surface area contributed by atoms with Crippen molar-refractivity contribution in [3.8, 4) is 0 Å². The van der Waals surface area contributed by atoms with Gasteiger partial charge in [0.05, 0.1) is 17.7 Å². The summed E-state index contributed by atoms with van der Waals surface area (Å²) in [7, 11) is -2.90. The van der Waals surface area contributed by atoms with E-state index in [-0.39, 0.29) is 17.5 Å². The van der Waals surface area contributed by atoms with E-state index < -0.39 is 9.84 Å². The highest BCUT2D eigenvalue weighted by atomic mass is 32.2. The molecule has 7 nitrogen and oxygen atoms in total. The van der Waals surface area contributed by atoms with E-state index in [0.29, 0.717) is 24.2 Å². The number of sulfone groups is 1. The minimum Gasteiger partial charge on any atom is -0.366 e. The van der Waals surface area contributed by atoms with Crippen LogP contribution in [0.15, 0.2) is 6.20 Å². The van der Waals surface area contributed by atoms with Gasteiger partial charge in [0.2, 0.25) is 5.95 Å². The fourth-order valence-electron chi connectivity index (χ4n) is 2.98. The highest BCUT2D eigenvalue weighted by Gasteiger charge is 2.28. The Kier molecular flexibility index (Phi) is 4.23. The summed E-state index contributed by atoms with van der Waals surface area (Å²) in [5.74, 6) is 1.49. The summed E-state index contributed by atoms with van der Waals surface area (Å²) in [6.45, 7) is 0. The molecule has 2 fully saturated rings. The first kappa shape index (κ1) is 14.5. The first-order chi connectivity index (χ1) is 10.1. The lowest BCUT2D eigenvalue weighted by atomic mass is 9.96. The van der Waals surface area contributed by atoms with Crippen LogP contribution in [0.5, 0.6) is 0 Å². The van der Waals surface area contributed by atoms with Crippen LogP contribution < -0.4 is 10.6 Å². The quantitative estimate of drug-likeness (QED) is 0.862. The molecular formula is C13H21N5O2S. The number of hydrogen-bond acceptors (Lipinski definition) is 7. The predicted molar refractivity (Wildman–Crippen MR) is 81.0 cm³/mol. The Morgan fingerprint density at radius 1 is 1.05 bits per heavy atom. The minimum absolute atomic E-state index is 0.110. The average Bonchev–Trinajstić information content (AvgIpc) is 2.79. The summed E-state index contributed by atoms with van der Waals surface area (Å²) < 4.78 is 22.9. The molecule has 1 saturated heterocycles. The van der Waals surface area contributed by atoms with E-state index in [1.807, 2.05) is 0 Å². The van der Waals surface area contributed by atoms with Gasteiger partial charge in [-0.15, -0.1) is 5.10 Å². The molecule has 0 spiro atoms. The third-order valence-corrected chi connectivity index (χ3v) is 5.85. The Morgan fingerprint density at radius 2 is 1.86 bits per heavy atom. The Morgan fingerprint density at radius 3 is 2.57 bits per heavy atom. The minimum atomic E-state index is -2.90. The first-order valence-electron chi connectivity index (χ1n) is 7.54. The van der Waals surface area contributed by atoms with Crippen LogP contribution in [-0.2, 0) is 9.84 Å². The van der Waals surface area contributed by atoms with Gasteiger partial charge >= 0.3 is 0 Å². The lowest BCUT2D eigenvalue weighted by molar-refractivity contribution is 0.461. The van der Waals surface area contributed by atoms with Gasteiger partial charge in [-0.1, -0.05) is 19.3 Å². The Hall–Kier alpha value is -1.44. The summed E-state index contributed by atoms with van der Waals surface area (Å²) in [4.78, 5) is 4.39. The van der Waals surface area contributed by atoms with E-state index in [4.69, 9.17) is 0 Å². The molecule has 116 valence electrons. The lowest BCUT2D eigenvalue weighted by Gasteiger charge is -2.23.